The molecule has 1 aromatic carbocycles. The Labute approximate surface area is 83.3 Å². The third-order valence-corrected chi connectivity index (χ3v) is 2.32. The van der Waals surface area contributed by atoms with Crippen LogP contribution in [0.5, 0.6) is 0 Å². The standard InChI is InChI=1S/C12H13FO/c1-8(2)9(3)10-5-4-6-12(13)11(10)7-14/h4-7H,1-3H3. The SMILES string of the molecule is CC(C)=C(C)c1cccc(F)c1C=O. The maximum absolute atomic E-state index is 13.2. The normalized spacial score (nSPS) is 9.71. The molecule has 0 radical (unpaired) electrons. The van der Waals surface area contributed by atoms with Crippen LogP contribution in [0.2, 0.25) is 0 Å². The summed E-state index contributed by atoms with van der Waals surface area (Å²) in [6.07, 6.45) is 0.567. The molecule has 0 atom stereocenters. The maximum Gasteiger partial charge on any atom is 0.153 e. The quantitative estimate of drug-likeness (QED) is 0.656. The number of hydrogen-bond acceptors (Lipinski definition) is 1. The molecule has 1 nitrogen and oxygen atoms in total. The summed E-state index contributed by atoms with van der Waals surface area (Å²) in [7, 11) is 0. The van der Waals surface area contributed by atoms with Gasteiger partial charge in [-0.2, -0.15) is 0 Å². The molecule has 0 saturated carbocycles. The van der Waals surface area contributed by atoms with Crippen LogP contribution in [0.15, 0.2) is 23.8 Å². The summed E-state index contributed by atoms with van der Waals surface area (Å²) in [5.74, 6) is -0.460. The number of aldehydes is 1. The van der Waals surface area contributed by atoms with Crippen molar-refractivity contribution >= 4 is 11.9 Å². The van der Waals surface area contributed by atoms with E-state index in [1.165, 1.54) is 6.07 Å². The van der Waals surface area contributed by atoms with Crippen molar-refractivity contribution < 1.29 is 9.18 Å². The molecule has 0 fully saturated rings. The van der Waals surface area contributed by atoms with E-state index in [1.54, 1.807) is 12.1 Å². The highest BCUT2D eigenvalue weighted by Gasteiger charge is 2.08. The molecular formula is C12H13FO. The second-order valence-electron chi connectivity index (χ2n) is 3.44. The molecule has 0 aromatic heterocycles. The first-order valence-electron chi connectivity index (χ1n) is 4.46. The molecular weight excluding hydrogens is 179 g/mol. The summed E-state index contributed by atoms with van der Waals surface area (Å²) in [4.78, 5) is 10.7. The van der Waals surface area contributed by atoms with Crippen LogP contribution < -0.4 is 0 Å². The van der Waals surface area contributed by atoms with Gasteiger partial charge in [0.05, 0.1) is 5.56 Å². The second kappa shape index (κ2) is 4.18. The van der Waals surface area contributed by atoms with E-state index in [0.29, 0.717) is 11.8 Å². The fourth-order valence-electron chi connectivity index (χ4n) is 1.25. The van der Waals surface area contributed by atoms with Crippen LogP contribution in [0.4, 0.5) is 4.39 Å². The van der Waals surface area contributed by atoms with Crippen molar-refractivity contribution in [2.24, 2.45) is 0 Å². The van der Waals surface area contributed by atoms with Gasteiger partial charge in [0.15, 0.2) is 6.29 Å². The van der Waals surface area contributed by atoms with E-state index in [-0.39, 0.29) is 5.56 Å². The van der Waals surface area contributed by atoms with E-state index in [0.717, 1.165) is 11.1 Å². The van der Waals surface area contributed by atoms with Crippen molar-refractivity contribution in [1.82, 2.24) is 0 Å². The lowest BCUT2D eigenvalue weighted by Gasteiger charge is -2.07. The Morgan fingerprint density at radius 1 is 1.29 bits per heavy atom. The van der Waals surface area contributed by atoms with Gasteiger partial charge < -0.3 is 0 Å². The molecule has 2 heteroatoms. The van der Waals surface area contributed by atoms with Gasteiger partial charge in [0.25, 0.3) is 0 Å². The van der Waals surface area contributed by atoms with Crippen LogP contribution in [-0.2, 0) is 0 Å². The first kappa shape index (κ1) is 10.6. The Morgan fingerprint density at radius 3 is 2.43 bits per heavy atom. The average molecular weight is 192 g/mol. The molecule has 0 bridgehead atoms. The van der Waals surface area contributed by atoms with Crippen molar-refractivity contribution in [1.29, 1.82) is 0 Å². The van der Waals surface area contributed by atoms with Crippen LogP contribution >= 0.6 is 0 Å². The van der Waals surface area contributed by atoms with E-state index in [9.17, 15) is 9.18 Å². The summed E-state index contributed by atoms with van der Waals surface area (Å²) in [6.45, 7) is 5.76. The fourth-order valence-corrected chi connectivity index (χ4v) is 1.25. The summed E-state index contributed by atoms with van der Waals surface area (Å²) >= 11 is 0. The molecule has 0 heterocycles. The lowest BCUT2D eigenvalue weighted by atomic mass is 9.98. The van der Waals surface area contributed by atoms with E-state index >= 15 is 0 Å². The average Bonchev–Trinajstić information content (AvgIpc) is 2.16. The van der Waals surface area contributed by atoms with Gasteiger partial charge in [0.2, 0.25) is 0 Å². The van der Waals surface area contributed by atoms with E-state index in [4.69, 9.17) is 0 Å². The first-order chi connectivity index (χ1) is 6.57. The van der Waals surface area contributed by atoms with Crippen LogP contribution in [-0.4, -0.2) is 6.29 Å². The Bertz CT molecular complexity index is 387. The Balaban J connectivity index is 3.42. The Hall–Kier alpha value is -1.44. The molecule has 14 heavy (non-hydrogen) atoms. The molecule has 0 saturated heterocycles. The Kier molecular flexibility index (Phi) is 3.18. The molecule has 0 aliphatic rings. The molecule has 0 unspecified atom stereocenters. The van der Waals surface area contributed by atoms with Gasteiger partial charge in [-0.3, -0.25) is 4.79 Å². The lowest BCUT2D eigenvalue weighted by molar-refractivity contribution is 0.111. The van der Waals surface area contributed by atoms with Crippen molar-refractivity contribution in [3.63, 3.8) is 0 Å². The minimum Gasteiger partial charge on any atom is -0.298 e. The number of benzene rings is 1. The Morgan fingerprint density at radius 2 is 1.93 bits per heavy atom. The highest BCUT2D eigenvalue weighted by Crippen LogP contribution is 2.22. The number of rotatable bonds is 2. The third kappa shape index (κ3) is 1.90. The van der Waals surface area contributed by atoms with Crippen molar-refractivity contribution in [2.75, 3.05) is 0 Å². The van der Waals surface area contributed by atoms with Gasteiger partial charge in [0.1, 0.15) is 5.82 Å². The topological polar surface area (TPSA) is 17.1 Å². The fraction of sp³-hybridized carbons (Fsp3) is 0.250. The predicted molar refractivity (Wildman–Crippen MR) is 55.7 cm³/mol. The van der Waals surface area contributed by atoms with Gasteiger partial charge >= 0.3 is 0 Å². The molecule has 1 aromatic rings. The van der Waals surface area contributed by atoms with Crippen LogP contribution in [0, 0.1) is 5.82 Å². The van der Waals surface area contributed by atoms with E-state index in [1.807, 2.05) is 20.8 Å². The van der Waals surface area contributed by atoms with Crippen molar-refractivity contribution in [3.05, 3.63) is 40.7 Å². The number of allylic oxidation sites excluding steroid dienone is 2. The molecule has 1 rings (SSSR count). The van der Waals surface area contributed by atoms with E-state index < -0.39 is 5.82 Å². The zero-order valence-electron chi connectivity index (χ0n) is 8.60. The van der Waals surface area contributed by atoms with Gasteiger partial charge in [-0.25, -0.2) is 4.39 Å². The molecule has 0 aliphatic heterocycles. The zero-order chi connectivity index (χ0) is 10.7. The summed E-state index contributed by atoms with van der Waals surface area (Å²) < 4.78 is 13.2. The molecule has 0 N–H and O–H groups in total. The monoisotopic (exact) mass is 192 g/mol. The largest absolute Gasteiger partial charge is 0.298 e. The number of carbonyl (C=O) groups excluding carboxylic acids is 1. The number of hydrogen-bond donors (Lipinski definition) is 0. The van der Waals surface area contributed by atoms with E-state index in [2.05, 4.69) is 0 Å². The molecule has 74 valence electrons. The number of carbonyl (C=O) groups is 1. The van der Waals surface area contributed by atoms with Crippen LogP contribution in [0.25, 0.3) is 5.57 Å². The summed E-state index contributed by atoms with van der Waals surface area (Å²) in [5, 5.41) is 0. The van der Waals surface area contributed by atoms with Gasteiger partial charge in [-0.1, -0.05) is 17.7 Å². The molecule has 0 spiro atoms. The number of halogens is 1. The van der Waals surface area contributed by atoms with Gasteiger partial charge in [0, 0.05) is 0 Å². The van der Waals surface area contributed by atoms with Crippen molar-refractivity contribution in [2.45, 2.75) is 20.8 Å². The zero-order valence-corrected chi connectivity index (χ0v) is 8.60. The first-order valence-corrected chi connectivity index (χ1v) is 4.46. The molecule has 0 amide bonds. The van der Waals surface area contributed by atoms with Crippen molar-refractivity contribution in [3.8, 4) is 0 Å². The highest BCUT2D eigenvalue weighted by molar-refractivity contribution is 5.86. The van der Waals surface area contributed by atoms with Gasteiger partial charge in [-0.15, -0.1) is 0 Å². The van der Waals surface area contributed by atoms with Crippen LogP contribution in [0.3, 0.4) is 0 Å². The van der Waals surface area contributed by atoms with Crippen LogP contribution in [0.1, 0.15) is 36.7 Å². The third-order valence-electron chi connectivity index (χ3n) is 2.32. The predicted octanol–water partition coefficient (Wildman–Crippen LogP) is 3.45. The maximum atomic E-state index is 13.2. The molecule has 0 aliphatic carbocycles. The smallest absolute Gasteiger partial charge is 0.153 e. The van der Waals surface area contributed by atoms with Gasteiger partial charge in [-0.05, 0) is 38.0 Å². The lowest BCUT2D eigenvalue weighted by Crippen LogP contribution is -1.95. The second-order valence-corrected chi connectivity index (χ2v) is 3.44. The highest BCUT2D eigenvalue weighted by atomic mass is 19.1. The summed E-state index contributed by atoms with van der Waals surface area (Å²) in [6, 6.07) is 4.67. The minimum absolute atomic E-state index is 0.145. The minimum atomic E-state index is -0.460. The summed E-state index contributed by atoms with van der Waals surface area (Å²) in [5.41, 5.74) is 2.86.